The summed E-state index contributed by atoms with van der Waals surface area (Å²) < 4.78 is 16.5. The first-order chi connectivity index (χ1) is 16.8. The molecule has 2 amide bonds. The van der Waals surface area contributed by atoms with E-state index in [0.29, 0.717) is 29.5 Å². The number of nitrogens with zero attached hydrogens (tertiary/aromatic N) is 1. The van der Waals surface area contributed by atoms with Crippen LogP contribution in [0.5, 0.6) is 11.5 Å². The van der Waals surface area contributed by atoms with Crippen molar-refractivity contribution in [2.24, 2.45) is 5.92 Å². The summed E-state index contributed by atoms with van der Waals surface area (Å²) in [7, 11) is 1.57. The molecule has 8 nitrogen and oxygen atoms in total. The number of carbonyl (C=O) groups is 2. The Bertz CT molecular complexity index is 1250. The minimum Gasteiger partial charge on any atom is -0.493 e. The highest BCUT2D eigenvalue weighted by Gasteiger charge is 2.29. The summed E-state index contributed by atoms with van der Waals surface area (Å²) in [6.07, 6.45) is 5.02. The van der Waals surface area contributed by atoms with Gasteiger partial charge in [0.15, 0.2) is 11.5 Å². The summed E-state index contributed by atoms with van der Waals surface area (Å²) in [5.41, 5.74) is 4.69. The smallest absolute Gasteiger partial charge is 0.248 e. The third-order valence-electron chi connectivity index (χ3n) is 5.88. The van der Waals surface area contributed by atoms with Gasteiger partial charge in [0.2, 0.25) is 11.8 Å². The minimum atomic E-state index is -0.281. The molecule has 182 valence electrons. The Morgan fingerprint density at radius 2 is 1.89 bits per heavy atom. The molecule has 0 spiro atoms. The maximum absolute atomic E-state index is 12.6. The Balaban J connectivity index is 1.39. The van der Waals surface area contributed by atoms with Crippen molar-refractivity contribution in [3.8, 4) is 11.5 Å². The first kappa shape index (κ1) is 24.1. The number of rotatable bonds is 9. The van der Waals surface area contributed by atoms with Crippen molar-refractivity contribution >= 4 is 29.3 Å². The number of hydrogen-bond acceptors (Lipinski definition) is 6. The fourth-order valence-corrected chi connectivity index (χ4v) is 3.54. The fraction of sp³-hybridized carbons (Fsp3) is 0.296. The SMILES string of the molecule is COc1cc(C=CC(=O)Nc2cc(NC(=O)C3CC3)ccc2C)ccc1OCc1c(C)noc1C. The van der Waals surface area contributed by atoms with Gasteiger partial charge in [0.25, 0.3) is 0 Å². The van der Waals surface area contributed by atoms with E-state index in [1.54, 1.807) is 31.4 Å². The highest BCUT2D eigenvalue weighted by molar-refractivity contribution is 6.03. The Morgan fingerprint density at radius 3 is 2.57 bits per heavy atom. The Kier molecular flexibility index (Phi) is 7.19. The molecule has 0 bridgehead atoms. The summed E-state index contributed by atoms with van der Waals surface area (Å²) in [5, 5.41) is 9.72. The van der Waals surface area contributed by atoms with E-state index in [1.165, 1.54) is 6.08 Å². The van der Waals surface area contributed by atoms with Gasteiger partial charge >= 0.3 is 0 Å². The number of ether oxygens (including phenoxy) is 2. The number of aromatic nitrogens is 1. The van der Waals surface area contributed by atoms with Crippen molar-refractivity contribution in [1.82, 2.24) is 5.16 Å². The van der Waals surface area contributed by atoms with E-state index in [0.717, 1.165) is 41.0 Å². The molecule has 35 heavy (non-hydrogen) atoms. The summed E-state index contributed by atoms with van der Waals surface area (Å²) >= 11 is 0. The molecule has 0 unspecified atom stereocenters. The van der Waals surface area contributed by atoms with E-state index in [2.05, 4.69) is 15.8 Å². The number of benzene rings is 2. The number of amides is 2. The first-order valence-electron chi connectivity index (χ1n) is 11.5. The van der Waals surface area contributed by atoms with Crippen LogP contribution < -0.4 is 20.1 Å². The van der Waals surface area contributed by atoms with Gasteiger partial charge < -0.3 is 24.6 Å². The standard InChI is InChI=1S/C27H29N3O5/c1-16-5-10-21(28-27(32)20-8-9-20)14-23(16)29-26(31)12-7-19-6-11-24(25(13-19)33-4)34-15-22-17(2)30-35-18(22)3/h5-7,10-14,20H,8-9,15H2,1-4H3,(H,28,32)(H,29,31). The molecular formula is C27H29N3O5. The average Bonchev–Trinajstić information content (AvgIpc) is 3.65. The molecule has 3 aromatic rings. The first-order valence-corrected chi connectivity index (χ1v) is 11.5. The van der Waals surface area contributed by atoms with E-state index >= 15 is 0 Å². The zero-order chi connectivity index (χ0) is 24.9. The normalized spacial score (nSPS) is 13.0. The van der Waals surface area contributed by atoms with Gasteiger partial charge in [-0.2, -0.15) is 0 Å². The molecule has 1 aromatic heterocycles. The number of carbonyl (C=O) groups excluding carboxylic acids is 2. The third kappa shape index (κ3) is 6.09. The quantitative estimate of drug-likeness (QED) is 0.413. The predicted molar refractivity (Wildman–Crippen MR) is 133 cm³/mol. The second-order valence-electron chi connectivity index (χ2n) is 8.62. The van der Waals surface area contributed by atoms with Crippen LogP contribution in [0.1, 0.15) is 41.0 Å². The topological polar surface area (TPSA) is 103 Å². The molecule has 1 aliphatic rings. The van der Waals surface area contributed by atoms with Crippen LogP contribution >= 0.6 is 0 Å². The van der Waals surface area contributed by atoms with Crippen molar-refractivity contribution in [2.75, 3.05) is 17.7 Å². The largest absolute Gasteiger partial charge is 0.493 e. The van der Waals surface area contributed by atoms with Crippen molar-refractivity contribution in [3.63, 3.8) is 0 Å². The molecule has 1 fully saturated rings. The van der Waals surface area contributed by atoms with Crippen LogP contribution in [0.2, 0.25) is 0 Å². The molecule has 2 aromatic carbocycles. The van der Waals surface area contributed by atoms with Crippen LogP contribution in [0.4, 0.5) is 11.4 Å². The monoisotopic (exact) mass is 475 g/mol. The molecule has 1 aliphatic carbocycles. The molecule has 4 rings (SSSR count). The zero-order valence-corrected chi connectivity index (χ0v) is 20.3. The Morgan fingerprint density at radius 1 is 1.09 bits per heavy atom. The number of hydrogen-bond donors (Lipinski definition) is 2. The lowest BCUT2D eigenvalue weighted by atomic mass is 10.1. The molecule has 1 saturated carbocycles. The van der Waals surface area contributed by atoms with Crippen LogP contribution in [-0.4, -0.2) is 24.1 Å². The van der Waals surface area contributed by atoms with Crippen molar-refractivity contribution in [2.45, 2.75) is 40.2 Å². The summed E-state index contributed by atoms with van der Waals surface area (Å²) in [4.78, 5) is 24.6. The van der Waals surface area contributed by atoms with Gasteiger partial charge in [0.1, 0.15) is 12.4 Å². The number of anilines is 2. The Labute approximate surface area is 204 Å². The van der Waals surface area contributed by atoms with Gasteiger partial charge in [-0.1, -0.05) is 17.3 Å². The van der Waals surface area contributed by atoms with Gasteiger partial charge in [-0.05, 0) is 75.1 Å². The van der Waals surface area contributed by atoms with E-state index in [4.69, 9.17) is 14.0 Å². The Hall–Kier alpha value is -4.07. The molecule has 0 radical (unpaired) electrons. The molecule has 0 saturated heterocycles. The lowest BCUT2D eigenvalue weighted by Gasteiger charge is -2.11. The number of methoxy groups -OCH3 is 1. The average molecular weight is 476 g/mol. The number of nitrogens with one attached hydrogen (secondary N) is 2. The second kappa shape index (κ2) is 10.5. The van der Waals surface area contributed by atoms with Crippen molar-refractivity contribution in [3.05, 3.63) is 70.6 Å². The minimum absolute atomic E-state index is 0.0269. The molecule has 1 heterocycles. The summed E-state index contributed by atoms with van der Waals surface area (Å²) in [6, 6.07) is 10.9. The van der Waals surface area contributed by atoms with Crippen LogP contribution in [-0.2, 0) is 16.2 Å². The van der Waals surface area contributed by atoms with E-state index in [1.807, 2.05) is 39.0 Å². The van der Waals surface area contributed by atoms with E-state index < -0.39 is 0 Å². The van der Waals surface area contributed by atoms with Gasteiger partial charge in [-0.25, -0.2) is 0 Å². The van der Waals surface area contributed by atoms with Crippen molar-refractivity contribution < 1.29 is 23.6 Å². The second-order valence-corrected chi connectivity index (χ2v) is 8.62. The van der Waals surface area contributed by atoms with E-state index in [-0.39, 0.29) is 17.7 Å². The zero-order valence-electron chi connectivity index (χ0n) is 20.3. The van der Waals surface area contributed by atoms with Crippen LogP contribution in [0.3, 0.4) is 0 Å². The summed E-state index contributed by atoms with van der Waals surface area (Å²) in [6.45, 7) is 5.93. The van der Waals surface area contributed by atoms with E-state index in [9.17, 15) is 9.59 Å². The highest BCUT2D eigenvalue weighted by atomic mass is 16.5. The van der Waals surface area contributed by atoms with Crippen molar-refractivity contribution in [1.29, 1.82) is 0 Å². The highest BCUT2D eigenvalue weighted by Crippen LogP contribution is 2.31. The van der Waals surface area contributed by atoms with Gasteiger partial charge in [-0.15, -0.1) is 0 Å². The molecule has 8 heteroatoms. The van der Waals surface area contributed by atoms with Crippen LogP contribution in [0.15, 0.2) is 47.0 Å². The molecule has 2 N–H and O–H groups in total. The lowest BCUT2D eigenvalue weighted by molar-refractivity contribution is -0.117. The molecule has 0 atom stereocenters. The van der Waals surface area contributed by atoms with Gasteiger partial charge in [-0.3, -0.25) is 9.59 Å². The molecule has 0 aliphatic heterocycles. The molecular weight excluding hydrogens is 446 g/mol. The third-order valence-corrected chi connectivity index (χ3v) is 5.88. The fourth-order valence-electron chi connectivity index (χ4n) is 3.54. The maximum Gasteiger partial charge on any atom is 0.248 e. The maximum atomic E-state index is 12.6. The predicted octanol–water partition coefficient (Wildman–Crippen LogP) is 5.19. The van der Waals surface area contributed by atoms with Crippen LogP contribution in [0, 0.1) is 26.7 Å². The van der Waals surface area contributed by atoms with Gasteiger partial charge in [0.05, 0.1) is 18.4 Å². The van der Waals surface area contributed by atoms with Crippen LogP contribution in [0.25, 0.3) is 6.08 Å². The summed E-state index contributed by atoms with van der Waals surface area (Å²) in [5.74, 6) is 1.71. The van der Waals surface area contributed by atoms with Gasteiger partial charge in [0, 0.05) is 23.4 Å². The number of aryl methyl sites for hydroxylation is 3. The lowest BCUT2D eigenvalue weighted by Crippen LogP contribution is -2.14.